The van der Waals surface area contributed by atoms with Crippen molar-refractivity contribution in [1.29, 1.82) is 0 Å². The van der Waals surface area contributed by atoms with E-state index in [0.717, 1.165) is 40.0 Å². The molecule has 0 atom stereocenters. The molecule has 0 radical (unpaired) electrons. The lowest BCUT2D eigenvalue weighted by atomic mass is 10.3. The molecule has 4 heterocycles. The van der Waals surface area contributed by atoms with E-state index in [1.807, 2.05) is 30.5 Å². The Kier molecular flexibility index (Phi) is 5.03. The quantitative estimate of drug-likeness (QED) is 0.537. The summed E-state index contributed by atoms with van der Waals surface area (Å²) >= 11 is 2.95. The molecule has 0 spiro atoms. The zero-order valence-electron chi connectivity index (χ0n) is 14.4. The van der Waals surface area contributed by atoms with Gasteiger partial charge in [0.05, 0.1) is 22.5 Å². The molecule has 1 fully saturated rings. The number of nitrogens with one attached hydrogen (secondary N) is 1. The highest BCUT2D eigenvalue weighted by Crippen LogP contribution is 2.34. The van der Waals surface area contributed by atoms with Crippen molar-refractivity contribution >= 4 is 45.0 Å². The number of anilines is 1. The molecule has 0 aromatic carbocycles. The number of nitrogens with zero attached hydrogens (tertiary/aromatic N) is 4. The van der Waals surface area contributed by atoms with Crippen LogP contribution in [-0.4, -0.2) is 40.2 Å². The molecule has 3 aromatic rings. The molecule has 1 aliphatic heterocycles. The van der Waals surface area contributed by atoms with Crippen LogP contribution in [0.3, 0.4) is 0 Å². The number of aromatic nitrogens is 3. The summed E-state index contributed by atoms with van der Waals surface area (Å²) in [6, 6.07) is 7.59. The third-order valence-corrected chi connectivity index (χ3v) is 5.90. The predicted molar refractivity (Wildman–Crippen MR) is 106 cm³/mol. The molecule has 0 bridgehead atoms. The van der Waals surface area contributed by atoms with Crippen molar-refractivity contribution in [3.05, 3.63) is 41.0 Å². The van der Waals surface area contributed by atoms with Crippen molar-refractivity contribution < 1.29 is 4.79 Å². The van der Waals surface area contributed by atoms with Crippen molar-refractivity contribution in [1.82, 2.24) is 20.3 Å². The highest BCUT2D eigenvalue weighted by Gasteiger charge is 2.21. The van der Waals surface area contributed by atoms with Crippen LogP contribution in [-0.2, 0) is 6.54 Å². The highest BCUT2D eigenvalue weighted by molar-refractivity contribution is 7.98. The first-order valence-corrected chi connectivity index (χ1v) is 10.6. The minimum Gasteiger partial charge on any atom is -0.356 e. The van der Waals surface area contributed by atoms with Gasteiger partial charge in [0.1, 0.15) is 10.6 Å². The Morgan fingerprint density at radius 2 is 2.15 bits per heavy atom. The first-order valence-electron chi connectivity index (χ1n) is 8.53. The summed E-state index contributed by atoms with van der Waals surface area (Å²) in [5.74, 6) is 0.855. The number of thiophene rings is 1. The molecule has 1 N–H and O–H groups in total. The van der Waals surface area contributed by atoms with Gasteiger partial charge in [-0.1, -0.05) is 17.8 Å². The average molecular weight is 386 g/mol. The van der Waals surface area contributed by atoms with Gasteiger partial charge in [0.25, 0.3) is 5.91 Å². The van der Waals surface area contributed by atoms with E-state index in [9.17, 15) is 4.79 Å². The number of thioether (sulfide) groups is 1. The van der Waals surface area contributed by atoms with E-state index in [0.29, 0.717) is 11.4 Å². The number of hydrogen-bond donors (Lipinski definition) is 1. The zero-order valence-corrected chi connectivity index (χ0v) is 16.1. The highest BCUT2D eigenvalue weighted by atomic mass is 32.2. The molecule has 26 heavy (non-hydrogen) atoms. The first kappa shape index (κ1) is 17.2. The minimum atomic E-state index is -0.100. The fourth-order valence-electron chi connectivity index (χ4n) is 3.02. The van der Waals surface area contributed by atoms with Gasteiger partial charge in [-0.3, -0.25) is 9.78 Å². The summed E-state index contributed by atoms with van der Waals surface area (Å²) in [5.41, 5.74) is 0.837. The van der Waals surface area contributed by atoms with Gasteiger partial charge in [-0.2, -0.15) is 0 Å². The van der Waals surface area contributed by atoms with E-state index in [1.165, 1.54) is 35.9 Å². The monoisotopic (exact) mass is 385 g/mol. The molecule has 0 saturated carbocycles. The molecule has 0 aliphatic carbocycles. The normalized spacial score (nSPS) is 14.1. The topological polar surface area (TPSA) is 71.0 Å². The summed E-state index contributed by atoms with van der Waals surface area (Å²) in [7, 11) is 0. The van der Waals surface area contributed by atoms with Crippen LogP contribution in [0.25, 0.3) is 10.2 Å². The summed E-state index contributed by atoms with van der Waals surface area (Å²) in [6.07, 6.45) is 6.06. The van der Waals surface area contributed by atoms with Gasteiger partial charge >= 0.3 is 0 Å². The maximum absolute atomic E-state index is 12.6. The number of fused-ring (bicyclic) bond motifs is 1. The third-order valence-electron chi connectivity index (χ3n) is 4.32. The summed E-state index contributed by atoms with van der Waals surface area (Å²) < 4.78 is 0. The maximum atomic E-state index is 12.6. The molecule has 134 valence electrons. The SMILES string of the molecule is CSc1nc(N2CCCC2)c2cc(C(=O)NCc3ccccn3)sc2n1. The van der Waals surface area contributed by atoms with Crippen LogP contribution in [0, 0.1) is 0 Å². The van der Waals surface area contributed by atoms with E-state index in [-0.39, 0.29) is 5.91 Å². The number of rotatable bonds is 5. The van der Waals surface area contributed by atoms with E-state index in [2.05, 4.69) is 20.2 Å². The first-order chi connectivity index (χ1) is 12.7. The van der Waals surface area contributed by atoms with E-state index < -0.39 is 0 Å². The van der Waals surface area contributed by atoms with Crippen LogP contribution in [0.2, 0.25) is 0 Å². The Morgan fingerprint density at radius 1 is 1.31 bits per heavy atom. The Morgan fingerprint density at radius 3 is 2.88 bits per heavy atom. The van der Waals surface area contributed by atoms with Gasteiger partial charge in [-0.05, 0) is 37.3 Å². The molecule has 8 heteroatoms. The minimum absolute atomic E-state index is 0.100. The summed E-state index contributed by atoms with van der Waals surface area (Å²) in [4.78, 5) is 29.9. The van der Waals surface area contributed by atoms with Crippen LogP contribution in [0.1, 0.15) is 28.2 Å². The summed E-state index contributed by atoms with van der Waals surface area (Å²) in [5, 5.41) is 4.66. The second kappa shape index (κ2) is 7.59. The fourth-order valence-corrected chi connectivity index (χ4v) is 4.38. The second-order valence-electron chi connectivity index (χ2n) is 6.06. The second-order valence-corrected chi connectivity index (χ2v) is 7.87. The van der Waals surface area contributed by atoms with Crippen molar-refractivity contribution in [2.24, 2.45) is 0 Å². The van der Waals surface area contributed by atoms with Crippen LogP contribution in [0.4, 0.5) is 5.82 Å². The Bertz CT molecular complexity index is 922. The van der Waals surface area contributed by atoms with Crippen LogP contribution in [0.15, 0.2) is 35.6 Å². The smallest absolute Gasteiger partial charge is 0.261 e. The fraction of sp³-hybridized carbons (Fsp3) is 0.333. The zero-order chi connectivity index (χ0) is 17.9. The van der Waals surface area contributed by atoms with Gasteiger partial charge in [0, 0.05) is 19.3 Å². The average Bonchev–Trinajstić information content (AvgIpc) is 3.35. The van der Waals surface area contributed by atoms with E-state index in [1.54, 1.807) is 6.20 Å². The summed E-state index contributed by atoms with van der Waals surface area (Å²) in [6.45, 7) is 2.43. The Labute approximate surface area is 160 Å². The van der Waals surface area contributed by atoms with Gasteiger partial charge in [0.2, 0.25) is 0 Å². The van der Waals surface area contributed by atoms with Gasteiger partial charge in [-0.25, -0.2) is 9.97 Å². The molecular weight excluding hydrogens is 366 g/mol. The van der Waals surface area contributed by atoms with Crippen molar-refractivity contribution in [2.45, 2.75) is 24.5 Å². The van der Waals surface area contributed by atoms with Crippen molar-refractivity contribution in [3.63, 3.8) is 0 Å². The lowest BCUT2D eigenvalue weighted by Crippen LogP contribution is -2.22. The Hall–Kier alpha value is -2.19. The largest absolute Gasteiger partial charge is 0.356 e. The molecular formula is C18H19N5OS2. The van der Waals surface area contributed by atoms with Crippen molar-refractivity contribution in [2.75, 3.05) is 24.2 Å². The number of pyridine rings is 1. The van der Waals surface area contributed by atoms with Gasteiger partial charge in [0.15, 0.2) is 5.16 Å². The molecule has 4 rings (SSSR count). The van der Waals surface area contributed by atoms with E-state index >= 15 is 0 Å². The number of amides is 1. The molecule has 1 amide bonds. The van der Waals surface area contributed by atoms with Crippen LogP contribution < -0.4 is 10.2 Å². The predicted octanol–water partition coefficient (Wildman–Crippen LogP) is 3.34. The van der Waals surface area contributed by atoms with Gasteiger partial charge < -0.3 is 10.2 Å². The Balaban J connectivity index is 1.61. The maximum Gasteiger partial charge on any atom is 0.261 e. The molecule has 0 unspecified atom stereocenters. The van der Waals surface area contributed by atoms with Crippen molar-refractivity contribution in [3.8, 4) is 0 Å². The van der Waals surface area contributed by atoms with E-state index in [4.69, 9.17) is 4.98 Å². The standard InChI is InChI=1S/C18H19N5OS2/c1-25-18-21-15(23-8-4-5-9-23)13-10-14(26-17(13)22-18)16(24)20-11-12-6-2-3-7-19-12/h2-3,6-7,10H,4-5,8-9,11H2,1H3,(H,20,24). The lowest BCUT2D eigenvalue weighted by molar-refractivity contribution is 0.0954. The molecule has 3 aromatic heterocycles. The molecule has 1 aliphatic rings. The van der Waals surface area contributed by atoms with Gasteiger partial charge in [-0.15, -0.1) is 11.3 Å². The lowest BCUT2D eigenvalue weighted by Gasteiger charge is -2.17. The number of carbonyl (C=O) groups excluding carboxylic acids is 1. The number of hydrogen-bond acceptors (Lipinski definition) is 7. The molecule has 6 nitrogen and oxygen atoms in total. The number of carbonyl (C=O) groups is 1. The van der Waals surface area contributed by atoms with Crippen LogP contribution >= 0.6 is 23.1 Å². The third kappa shape index (κ3) is 3.52. The van der Waals surface area contributed by atoms with Crippen LogP contribution in [0.5, 0.6) is 0 Å². The molecule has 1 saturated heterocycles.